The number of carbonyl (C=O) groups is 2. The number of imidazole rings is 1. The van der Waals surface area contributed by atoms with Crippen LogP contribution in [0.25, 0.3) is 5.52 Å². The molecule has 0 spiro atoms. The molecule has 7 nitrogen and oxygen atoms in total. The Labute approximate surface area is 169 Å². The third-order valence-corrected chi connectivity index (χ3v) is 7.26. The Bertz CT molecular complexity index is 926. The number of hydrogen-bond donors (Lipinski definition) is 2. The molecule has 6 rings (SSSR count). The molecule has 4 saturated carbocycles. The maximum absolute atomic E-state index is 12.7. The van der Waals surface area contributed by atoms with Gasteiger partial charge in [-0.05, 0) is 74.8 Å². The van der Waals surface area contributed by atoms with Crippen molar-refractivity contribution in [1.29, 1.82) is 0 Å². The minimum Gasteiger partial charge on any atom is -0.479 e. The van der Waals surface area contributed by atoms with Crippen LogP contribution < -0.4 is 5.32 Å². The summed E-state index contributed by atoms with van der Waals surface area (Å²) in [5.74, 6) is 1.93. The highest BCUT2D eigenvalue weighted by Crippen LogP contribution is 2.54. The Kier molecular flexibility index (Phi) is 4.29. The maximum atomic E-state index is 12.7. The van der Waals surface area contributed by atoms with Crippen molar-refractivity contribution in [3.8, 4) is 0 Å². The number of carboxylic acids is 1. The fourth-order valence-corrected chi connectivity index (χ4v) is 6.07. The largest absolute Gasteiger partial charge is 0.479 e. The molecule has 1 amide bonds. The summed E-state index contributed by atoms with van der Waals surface area (Å²) in [4.78, 5) is 29.1. The summed E-state index contributed by atoms with van der Waals surface area (Å²) in [6, 6.07) is 5.67. The molecule has 4 aliphatic rings. The molecule has 1 atom stereocenters. The number of amides is 1. The third-order valence-electron chi connectivity index (χ3n) is 7.26. The normalized spacial score (nSPS) is 32.1. The number of rotatable bonds is 5. The van der Waals surface area contributed by atoms with Crippen molar-refractivity contribution in [2.24, 2.45) is 23.7 Å². The number of pyridine rings is 1. The second kappa shape index (κ2) is 6.75. The fourth-order valence-electron chi connectivity index (χ4n) is 6.07. The molecule has 0 aliphatic heterocycles. The molecule has 7 heteroatoms. The first-order valence-electron chi connectivity index (χ1n) is 10.5. The monoisotopic (exact) mass is 397 g/mol. The number of aromatic nitrogens is 2. The van der Waals surface area contributed by atoms with Crippen LogP contribution in [0.15, 0.2) is 30.6 Å². The number of carboxylic acid groups (broad SMARTS) is 1. The van der Waals surface area contributed by atoms with Crippen LogP contribution in [-0.2, 0) is 16.0 Å². The zero-order valence-corrected chi connectivity index (χ0v) is 16.6. The first-order chi connectivity index (χ1) is 13.9. The van der Waals surface area contributed by atoms with E-state index in [1.54, 1.807) is 6.20 Å². The van der Waals surface area contributed by atoms with E-state index in [-0.39, 0.29) is 12.5 Å². The van der Waals surface area contributed by atoms with Crippen molar-refractivity contribution in [2.75, 3.05) is 0 Å². The average molecular weight is 397 g/mol. The van der Waals surface area contributed by atoms with Crippen LogP contribution in [-0.4, -0.2) is 38.2 Å². The third kappa shape index (κ3) is 3.26. The van der Waals surface area contributed by atoms with Gasteiger partial charge >= 0.3 is 12.1 Å². The zero-order chi connectivity index (χ0) is 20.2. The number of hydrogen-bond acceptors (Lipinski definition) is 4. The van der Waals surface area contributed by atoms with E-state index in [0.29, 0.717) is 17.7 Å². The van der Waals surface area contributed by atoms with E-state index in [2.05, 4.69) is 10.3 Å². The van der Waals surface area contributed by atoms with Gasteiger partial charge in [0.1, 0.15) is 17.5 Å². The van der Waals surface area contributed by atoms with Crippen LogP contribution >= 0.6 is 0 Å². The van der Waals surface area contributed by atoms with Crippen LogP contribution in [0.1, 0.15) is 44.9 Å². The van der Waals surface area contributed by atoms with Crippen molar-refractivity contribution in [1.82, 2.24) is 14.7 Å². The highest BCUT2D eigenvalue weighted by Gasteiger charge is 2.50. The van der Waals surface area contributed by atoms with E-state index in [4.69, 9.17) is 4.74 Å². The molecule has 29 heavy (non-hydrogen) atoms. The summed E-state index contributed by atoms with van der Waals surface area (Å²) in [6.45, 7) is 1.51. The van der Waals surface area contributed by atoms with Gasteiger partial charge < -0.3 is 19.6 Å². The number of carbonyl (C=O) groups excluding carboxylic acids is 1. The molecule has 4 aliphatic carbocycles. The van der Waals surface area contributed by atoms with Crippen LogP contribution in [0, 0.1) is 23.7 Å². The van der Waals surface area contributed by atoms with Crippen molar-refractivity contribution < 1.29 is 19.4 Å². The lowest BCUT2D eigenvalue weighted by Gasteiger charge is -2.53. The molecule has 2 aromatic heterocycles. The Balaban J connectivity index is 1.30. The molecule has 154 valence electrons. The van der Waals surface area contributed by atoms with Gasteiger partial charge in [-0.1, -0.05) is 6.07 Å². The van der Waals surface area contributed by atoms with E-state index >= 15 is 0 Å². The molecule has 2 heterocycles. The van der Waals surface area contributed by atoms with Gasteiger partial charge in [0.2, 0.25) is 0 Å². The number of aliphatic carboxylic acids is 1. The van der Waals surface area contributed by atoms with E-state index in [1.807, 2.05) is 28.8 Å². The number of ether oxygens (including phenoxy) is 1. The Morgan fingerprint density at radius 2 is 1.90 bits per heavy atom. The van der Waals surface area contributed by atoms with E-state index in [1.165, 1.54) is 13.3 Å². The lowest BCUT2D eigenvalue weighted by molar-refractivity contribution is -0.144. The first-order valence-corrected chi connectivity index (χ1v) is 10.5. The van der Waals surface area contributed by atoms with Crippen LogP contribution in [0.5, 0.6) is 0 Å². The van der Waals surface area contributed by atoms with Gasteiger partial charge in [-0.3, -0.25) is 0 Å². The van der Waals surface area contributed by atoms with Crippen molar-refractivity contribution in [2.45, 2.75) is 57.1 Å². The molecular formula is C22H27N3O4. The number of nitrogens with one attached hydrogen (secondary N) is 1. The van der Waals surface area contributed by atoms with Gasteiger partial charge in [-0.25, -0.2) is 14.6 Å². The van der Waals surface area contributed by atoms with E-state index in [0.717, 1.165) is 43.0 Å². The topological polar surface area (TPSA) is 92.9 Å². The van der Waals surface area contributed by atoms with E-state index < -0.39 is 17.6 Å². The fraction of sp³-hybridized carbons (Fsp3) is 0.591. The molecule has 0 unspecified atom stereocenters. The molecule has 2 aromatic rings. The van der Waals surface area contributed by atoms with Gasteiger partial charge in [0, 0.05) is 12.6 Å². The number of nitrogens with zero attached hydrogens (tertiary/aromatic N) is 2. The molecule has 0 radical (unpaired) electrons. The second-order valence-corrected chi connectivity index (χ2v) is 9.41. The molecule has 0 aromatic carbocycles. The predicted octanol–water partition coefficient (Wildman–Crippen LogP) is 3.27. The highest BCUT2D eigenvalue weighted by atomic mass is 16.6. The Morgan fingerprint density at radius 1 is 1.21 bits per heavy atom. The van der Waals surface area contributed by atoms with Crippen molar-refractivity contribution in [3.05, 3.63) is 36.4 Å². The van der Waals surface area contributed by atoms with Gasteiger partial charge in [0.25, 0.3) is 0 Å². The van der Waals surface area contributed by atoms with Crippen LogP contribution in [0.2, 0.25) is 0 Å². The Morgan fingerprint density at radius 3 is 2.55 bits per heavy atom. The SMILES string of the molecule is C[C@@](Cc1ncc2ccccn12)(NC(=O)OC1C2CC3CC(C2)CC1C3)C(=O)O. The standard InChI is InChI=1S/C22H27N3O4/c1-22(20(26)27,11-18-23-12-17-4-2-3-5-25(17)18)24-21(28)29-19-15-7-13-6-14(9-15)10-16(19)8-13/h2-5,12-16,19H,6-11H2,1H3,(H,24,28)(H,26,27)/t13?,14?,15?,16?,19?,22-/m0/s1. The van der Waals surface area contributed by atoms with Crippen LogP contribution in [0.3, 0.4) is 0 Å². The lowest BCUT2D eigenvalue weighted by Crippen LogP contribution is -2.56. The summed E-state index contributed by atoms with van der Waals surface area (Å²) in [5.41, 5.74) is -0.619. The van der Waals surface area contributed by atoms with Gasteiger partial charge in [-0.15, -0.1) is 0 Å². The summed E-state index contributed by atoms with van der Waals surface area (Å²) in [5, 5.41) is 12.5. The average Bonchev–Trinajstić information content (AvgIpc) is 3.07. The summed E-state index contributed by atoms with van der Waals surface area (Å²) >= 11 is 0. The Hall–Kier alpha value is -2.57. The zero-order valence-electron chi connectivity index (χ0n) is 16.6. The molecular weight excluding hydrogens is 370 g/mol. The first kappa shape index (κ1) is 18.5. The second-order valence-electron chi connectivity index (χ2n) is 9.41. The number of alkyl carbamates (subject to hydrolysis) is 1. The van der Waals surface area contributed by atoms with Gasteiger partial charge in [0.05, 0.1) is 11.7 Å². The summed E-state index contributed by atoms with van der Waals surface area (Å²) < 4.78 is 7.68. The maximum Gasteiger partial charge on any atom is 0.408 e. The minimum atomic E-state index is -1.50. The van der Waals surface area contributed by atoms with Gasteiger partial charge in [0.15, 0.2) is 0 Å². The molecule has 2 N–H and O–H groups in total. The van der Waals surface area contributed by atoms with Crippen molar-refractivity contribution in [3.63, 3.8) is 0 Å². The summed E-state index contributed by atoms with van der Waals surface area (Å²) in [6.07, 6.45) is 8.79. The summed E-state index contributed by atoms with van der Waals surface area (Å²) in [7, 11) is 0. The highest BCUT2D eigenvalue weighted by molar-refractivity contribution is 5.84. The van der Waals surface area contributed by atoms with E-state index in [9.17, 15) is 14.7 Å². The molecule has 0 saturated heterocycles. The minimum absolute atomic E-state index is 0.0668. The lowest BCUT2D eigenvalue weighted by atomic mass is 9.55. The van der Waals surface area contributed by atoms with Crippen molar-refractivity contribution >= 4 is 17.6 Å². The van der Waals surface area contributed by atoms with Crippen LogP contribution in [0.4, 0.5) is 4.79 Å². The molecule has 4 fully saturated rings. The van der Waals surface area contributed by atoms with Gasteiger partial charge in [-0.2, -0.15) is 0 Å². The smallest absolute Gasteiger partial charge is 0.408 e. The number of fused-ring (bicyclic) bond motifs is 1. The molecule has 4 bridgehead atoms. The quantitative estimate of drug-likeness (QED) is 0.808. The predicted molar refractivity (Wildman–Crippen MR) is 105 cm³/mol.